The molecule has 1 aromatic carbocycles. The second-order valence-corrected chi connectivity index (χ2v) is 6.38. The number of halogens is 15. The van der Waals surface area contributed by atoms with Gasteiger partial charge in [0.25, 0.3) is 0 Å². The highest BCUT2D eigenvalue weighted by atomic mass is 19.4. The van der Waals surface area contributed by atoms with E-state index in [1.165, 1.54) is 0 Å². The Labute approximate surface area is 171 Å². The highest BCUT2D eigenvalue weighted by Gasteiger charge is 2.94. The monoisotopic (exact) mass is 520 g/mol. The quantitative estimate of drug-likeness (QED) is 0.345. The smallest absolute Gasteiger partial charge is 0.460 e. The summed E-state index contributed by atoms with van der Waals surface area (Å²) in [7, 11) is 0. The van der Waals surface area contributed by atoms with Crippen LogP contribution in [0.25, 0.3) is 0 Å². The van der Waals surface area contributed by atoms with Crippen LogP contribution in [0.4, 0.5) is 65.9 Å². The van der Waals surface area contributed by atoms with Crippen molar-refractivity contribution in [3.05, 3.63) is 23.3 Å². The molecule has 0 atom stereocenters. The van der Waals surface area contributed by atoms with Crippen molar-refractivity contribution >= 4 is 5.78 Å². The molecule has 0 saturated heterocycles. The van der Waals surface area contributed by atoms with E-state index in [0.717, 1.165) is 0 Å². The predicted octanol–water partition coefficient (Wildman–Crippen LogP) is 5.96. The van der Waals surface area contributed by atoms with E-state index < -0.39 is 70.1 Å². The molecular weight excluding hydrogens is 513 g/mol. The van der Waals surface area contributed by atoms with Crippen LogP contribution in [0, 0.1) is 6.92 Å². The van der Waals surface area contributed by atoms with E-state index >= 15 is 0 Å². The van der Waals surface area contributed by atoms with Crippen molar-refractivity contribution < 1.29 is 80.9 Å². The number of carbonyl (C=O) groups is 1. The molecule has 0 aliphatic rings. The van der Waals surface area contributed by atoms with E-state index in [4.69, 9.17) is 5.11 Å². The first kappa shape index (κ1) is 28.5. The summed E-state index contributed by atoms with van der Waals surface area (Å²) in [5.41, 5.74) is -2.98. The zero-order valence-corrected chi connectivity index (χ0v) is 15.1. The minimum absolute atomic E-state index is 0.118. The first-order valence-corrected chi connectivity index (χ1v) is 7.65. The largest absolute Gasteiger partial charge is 0.508 e. The SMILES string of the molecule is Cc1c(O)ccc(C(=O)C(F)(F)C(F)(F)C(F)(F)C(F)(F)C(F)(F)C(F)(F)C(F)(F)F)c1O. The number of hydrogen-bond acceptors (Lipinski definition) is 3. The summed E-state index contributed by atoms with van der Waals surface area (Å²) in [5.74, 6) is -55.2. The molecule has 2 N–H and O–H groups in total. The standard InChI is InChI=1S/C15H7F15O3/c1-4-6(31)3-2-5(7(4)32)8(33)9(16,17)10(18,19)11(20,21)12(22,23)13(24,25)14(26,27)15(28,29)30/h2-3,31-32H,1H3. The maximum Gasteiger partial charge on any atom is 0.460 e. The van der Waals surface area contributed by atoms with Crippen LogP contribution in [0.1, 0.15) is 15.9 Å². The third-order valence-electron chi connectivity index (χ3n) is 4.26. The highest BCUT2D eigenvalue weighted by molar-refractivity contribution is 6.04. The van der Waals surface area contributed by atoms with Crippen molar-refractivity contribution in [2.75, 3.05) is 0 Å². The first-order chi connectivity index (χ1) is 14.2. The fourth-order valence-corrected chi connectivity index (χ4v) is 2.15. The third-order valence-corrected chi connectivity index (χ3v) is 4.26. The van der Waals surface area contributed by atoms with Gasteiger partial charge < -0.3 is 10.2 Å². The Kier molecular flexibility index (Phi) is 6.45. The first-order valence-electron chi connectivity index (χ1n) is 7.65. The number of benzene rings is 1. The molecule has 0 radical (unpaired) electrons. The molecule has 0 unspecified atom stereocenters. The van der Waals surface area contributed by atoms with Gasteiger partial charge in [-0.15, -0.1) is 0 Å². The Hall–Kier alpha value is -2.56. The second kappa shape index (κ2) is 7.48. The van der Waals surface area contributed by atoms with Crippen LogP contribution in [0.2, 0.25) is 0 Å². The lowest BCUT2D eigenvalue weighted by Crippen LogP contribution is -2.73. The van der Waals surface area contributed by atoms with Crippen LogP contribution >= 0.6 is 0 Å². The molecule has 0 fully saturated rings. The summed E-state index contributed by atoms with van der Waals surface area (Å²) in [6.45, 7) is 0.639. The van der Waals surface area contributed by atoms with Crippen molar-refractivity contribution in [2.45, 2.75) is 48.6 Å². The number of phenolic OH excluding ortho intramolecular Hbond substituents is 2. The predicted molar refractivity (Wildman–Crippen MR) is 74.6 cm³/mol. The Bertz CT molecular complexity index is 933. The van der Waals surface area contributed by atoms with Crippen molar-refractivity contribution in [2.24, 2.45) is 0 Å². The average Bonchev–Trinajstić information content (AvgIpc) is 2.64. The summed E-state index contributed by atoms with van der Waals surface area (Å²) in [5, 5.41) is 18.6. The van der Waals surface area contributed by atoms with Gasteiger partial charge in [0.05, 0.1) is 5.56 Å². The molecule has 0 saturated carbocycles. The molecule has 3 nitrogen and oxygen atoms in total. The van der Waals surface area contributed by atoms with E-state index in [9.17, 15) is 75.8 Å². The lowest BCUT2D eigenvalue weighted by atomic mass is 9.88. The maximum atomic E-state index is 13.9. The number of alkyl halides is 15. The van der Waals surface area contributed by atoms with E-state index in [0.29, 0.717) is 6.92 Å². The van der Waals surface area contributed by atoms with Crippen LogP contribution in [-0.4, -0.2) is 57.7 Å². The van der Waals surface area contributed by atoms with Crippen molar-refractivity contribution in [1.29, 1.82) is 0 Å². The maximum absolute atomic E-state index is 13.9. The third kappa shape index (κ3) is 3.60. The van der Waals surface area contributed by atoms with Gasteiger partial charge in [0.1, 0.15) is 11.5 Å². The number of carbonyl (C=O) groups excluding carboxylic acids is 1. The normalized spacial score (nSPS) is 15.0. The van der Waals surface area contributed by atoms with Gasteiger partial charge in [-0.05, 0) is 19.1 Å². The molecule has 18 heteroatoms. The van der Waals surface area contributed by atoms with E-state index in [1.54, 1.807) is 0 Å². The zero-order chi connectivity index (χ0) is 26.8. The van der Waals surface area contributed by atoms with Gasteiger partial charge in [0, 0.05) is 5.56 Å². The fraction of sp³-hybridized carbons (Fsp3) is 0.533. The zero-order valence-electron chi connectivity index (χ0n) is 15.1. The van der Waals surface area contributed by atoms with Crippen molar-refractivity contribution in [3.8, 4) is 11.5 Å². The van der Waals surface area contributed by atoms with E-state index in [2.05, 4.69) is 0 Å². The molecule has 0 spiro atoms. The molecule has 0 bridgehead atoms. The number of ketones is 1. The summed E-state index contributed by atoms with van der Waals surface area (Å²) in [4.78, 5) is 11.6. The summed E-state index contributed by atoms with van der Waals surface area (Å²) < 4.78 is 197. The van der Waals surface area contributed by atoms with Crippen LogP contribution in [0.3, 0.4) is 0 Å². The highest BCUT2D eigenvalue weighted by Crippen LogP contribution is 2.62. The topological polar surface area (TPSA) is 57.5 Å². The van der Waals surface area contributed by atoms with Gasteiger partial charge in [-0.25, -0.2) is 0 Å². The molecule has 0 amide bonds. The van der Waals surface area contributed by atoms with Crippen molar-refractivity contribution in [3.63, 3.8) is 0 Å². The number of rotatable bonds is 7. The van der Waals surface area contributed by atoms with Gasteiger partial charge >= 0.3 is 41.7 Å². The molecule has 0 aromatic heterocycles. The Balaban J connectivity index is 3.71. The van der Waals surface area contributed by atoms with E-state index in [-0.39, 0.29) is 12.1 Å². The van der Waals surface area contributed by atoms with Crippen LogP contribution in [0.15, 0.2) is 12.1 Å². The van der Waals surface area contributed by atoms with Gasteiger partial charge in [0.2, 0.25) is 5.78 Å². The fourth-order valence-electron chi connectivity index (χ4n) is 2.15. The minimum atomic E-state index is -8.53. The van der Waals surface area contributed by atoms with Gasteiger partial charge in [-0.2, -0.15) is 65.9 Å². The lowest BCUT2D eigenvalue weighted by molar-refractivity contribution is -0.449. The molecule has 33 heavy (non-hydrogen) atoms. The van der Waals surface area contributed by atoms with Gasteiger partial charge in [-0.1, -0.05) is 0 Å². The van der Waals surface area contributed by atoms with Gasteiger partial charge in [-0.3, -0.25) is 4.79 Å². The van der Waals surface area contributed by atoms with Crippen LogP contribution < -0.4 is 0 Å². The van der Waals surface area contributed by atoms with Crippen LogP contribution in [0.5, 0.6) is 11.5 Å². The molecule has 1 rings (SSSR count). The molecular formula is C15H7F15O3. The Morgan fingerprint density at radius 3 is 1.39 bits per heavy atom. The lowest BCUT2D eigenvalue weighted by Gasteiger charge is -2.41. The Morgan fingerprint density at radius 2 is 1.00 bits per heavy atom. The van der Waals surface area contributed by atoms with Gasteiger partial charge in [0.15, 0.2) is 0 Å². The summed E-state index contributed by atoms with van der Waals surface area (Å²) in [6, 6.07) is 0.119. The molecule has 190 valence electrons. The summed E-state index contributed by atoms with van der Waals surface area (Å²) >= 11 is 0. The van der Waals surface area contributed by atoms with Crippen LogP contribution in [-0.2, 0) is 0 Å². The average molecular weight is 520 g/mol. The molecule has 1 aromatic rings. The van der Waals surface area contributed by atoms with E-state index in [1.807, 2.05) is 0 Å². The number of phenols is 2. The molecule has 0 aliphatic carbocycles. The number of aromatic hydroxyl groups is 2. The summed E-state index contributed by atoms with van der Waals surface area (Å²) in [6.07, 6.45) is -7.74. The van der Waals surface area contributed by atoms with Crippen molar-refractivity contribution in [1.82, 2.24) is 0 Å². The number of Topliss-reactive ketones (excluding diaryl/α,β-unsaturated/α-hetero) is 1. The molecule has 0 heterocycles. The molecule has 0 aliphatic heterocycles. The Morgan fingerprint density at radius 1 is 0.636 bits per heavy atom. The second-order valence-electron chi connectivity index (χ2n) is 6.38. The minimum Gasteiger partial charge on any atom is -0.508 e. The number of hydrogen-bond donors (Lipinski definition) is 2.